The molecule has 1 unspecified atom stereocenters. The number of anilines is 1. The van der Waals surface area contributed by atoms with E-state index in [0.29, 0.717) is 22.7 Å². The quantitative estimate of drug-likeness (QED) is 0.275. The van der Waals surface area contributed by atoms with Crippen LogP contribution in [0, 0.1) is 6.92 Å². The molecule has 4 rings (SSSR count). The Kier molecular flexibility index (Phi) is 6.63. The summed E-state index contributed by atoms with van der Waals surface area (Å²) in [4.78, 5) is 28.3. The number of Topliss-reactive ketones (excluding diaryl/α,β-unsaturated/α-hetero) is 1. The van der Waals surface area contributed by atoms with Crippen molar-refractivity contribution in [3.63, 3.8) is 0 Å². The van der Waals surface area contributed by atoms with Crippen LogP contribution >= 0.6 is 0 Å². The maximum Gasteiger partial charge on any atom is 0.300 e. The highest BCUT2D eigenvalue weighted by Crippen LogP contribution is 2.44. The van der Waals surface area contributed by atoms with Gasteiger partial charge in [0.05, 0.1) is 25.8 Å². The van der Waals surface area contributed by atoms with Crippen molar-refractivity contribution in [3.05, 3.63) is 94.6 Å². The summed E-state index contributed by atoms with van der Waals surface area (Å²) in [6.45, 7) is 8.06. The van der Waals surface area contributed by atoms with Gasteiger partial charge in [-0.3, -0.25) is 14.5 Å². The molecule has 0 bridgehead atoms. The smallest absolute Gasteiger partial charge is 0.300 e. The first-order valence-electron chi connectivity index (χ1n) is 11.8. The van der Waals surface area contributed by atoms with Crippen molar-refractivity contribution in [2.24, 2.45) is 0 Å². The molecule has 186 valence electrons. The van der Waals surface area contributed by atoms with Crippen LogP contribution in [0.15, 0.2) is 72.3 Å². The molecule has 1 saturated heterocycles. The van der Waals surface area contributed by atoms with Crippen molar-refractivity contribution >= 4 is 23.1 Å². The highest BCUT2D eigenvalue weighted by Gasteiger charge is 2.47. The lowest BCUT2D eigenvalue weighted by atomic mass is 9.84. The molecule has 6 nitrogen and oxygen atoms in total. The van der Waals surface area contributed by atoms with Gasteiger partial charge in [0.2, 0.25) is 0 Å². The molecule has 1 aliphatic rings. The number of aliphatic hydroxyl groups excluding tert-OH is 1. The van der Waals surface area contributed by atoms with E-state index in [4.69, 9.17) is 9.47 Å². The van der Waals surface area contributed by atoms with Gasteiger partial charge in [-0.15, -0.1) is 0 Å². The number of aliphatic hydroxyl groups is 1. The lowest BCUT2D eigenvalue weighted by molar-refractivity contribution is -0.132. The van der Waals surface area contributed by atoms with Crippen molar-refractivity contribution in [2.45, 2.75) is 39.2 Å². The van der Waals surface area contributed by atoms with Crippen LogP contribution in [0.5, 0.6) is 11.5 Å². The topological polar surface area (TPSA) is 76.1 Å². The van der Waals surface area contributed by atoms with E-state index >= 15 is 0 Å². The van der Waals surface area contributed by atoms with Crippen LogP contribution in [0.1, 0.15) is 49.1 Å². The summed E-state index contributed by atoms with van der Waals surface area (Å²) < 4.78 is 10.8. The molecule has 3 aromatic rings. The van der Waals surface area contributed by atoms with Crippen molar-refractivity contribution in [1.29, 1.82) is 0 Å². The Bertz CT molecular complexity index is 1350. The predicted octanol–water partition coefficient (Wildman–Crippen LogP) is 5.94. The number of hydrogen-bond acceptors (Lipinski definition) is 5. The number of carbonyl (C=O) groups is 2. The number of rotatable bonds is 5. The van der Waals surface area contributed by atoms with Crippen LogP contribution in [0.4, 0.5) is 5.69 Å². The number of amides is 1. The molecule has 1 amide bonds. The number of carbonyl (C=O) groups excluding carboxylic acids is 2. The van der Waals surface area contributed by atoms with Crippen molar-refractivity contribution < 1.29 is 24.2 Å². The van der Waals surface area contributed by atoms with E-state index < -0.39 is 17.7 Å². The molecule has 1 heterocycles. The Morgan fingerprint density at radius 2 is 1.58 bits per heavy atom. The Labute approximate surface area is 211 Å². The largest absolute Gasteiger partial charge is 0.507 e. The van der Waals surface area contributed by atoms with E-state index in [1.165, 1.54) is 4.90 Å². The Morgan fingerprint density at radius 3 is 2.17 bits per heavy atom. The normalized spacial score (nSPS) is 17.4. The number of benzene rings is 3. The zero-order chi connectivity index (χ0) is 26.2. The van der Waals surface area contributed by atoms with Crippen molar-refractivity contribution in [3.8, 4) is 11.5 Å². The number of hydrogen-bond donors (Lipinski definition) is 1. The average Bonchev–Trinajstić information content (AvgIpc) is 3.13. The zero-order valence-electron chi connectivity index (χ0n) is 21.5. The lowest BCUT2D eigenvalue weighted by Gasteiger charge is -2.27. The van der Waals surface area contributed by atoms with Crippen LogP contribution in [-0.4, -0.2) is 31.0 Å². The fraction of sp³-hybridized carbons (Fsp3) is 0.267. The third-order valence-corrected chi connectivity index (χ3v) is 6.56. The van der Waals surface area contributed by atoms with E-state index in [-0.39, 0.29) is 16.7 Å². The second-order valence-electron chi connectivity index (χ2n) is 9.89. The van der Waals surface area contributed by atoms with E-state index in [1.54, 1.807) is 50.6 Å². The first-order chi connectivity index (χ1) is 17.1. The predicted molar refractivity (Wildman–Crippen MR) is 141 cm³/mol. The molecule has 1 atom stereocenters. The Morgan fingerprint density at radius 1 is 0.917 bits per heavy atom. The number of aryl methyl sites for hydroxylation is 1. The van der Waals surface area contributed by atoms with E-state index in [9.17, 15) is 14.7 Å². The summed E-state index contributed by atoms with van der Waals surface area (Å²) in [6, 6.07) is 19.0. The number of ether oxygens (including phenoxy) is 2. The summed E-state index contributed by atoms with van der Waals surface area (Å²) >= 11 is 0. The summed E-state index contributed by atoms with van der Waals surface area (Å²) in [7, 11) is 3.16. The third kappa shape index (κ3) is 4.35. The van der Waals surface area contributed by atoms with Gasteiger partial charge in [0.15, 0.2) is 0 Å². The maximum absolute atomic E-state index is 13.5. The minimum Gasteiger partial charge on any atom is -0.507 e. The summed E-state index contributed by atoms with van der Waals surface area (Å²) in [6.07, 6.45) is 0. The standard InChI is InChI=1S/C30H31NO5/c1-18-9-7-8-10-22(18)26-25(27(32)19-11-16-24(36-6)23(17-19)30(2,3)4)28(33)29(34)31(26)20-12-14-21(35-5)15-13-20/h7-17,26,32H,1-6H3/b27-25+. The van der Waals surface area contributed by atoms with Crippen LogP contribution in [0.25, 0.3) is 5.76 Å². The summed E-state index contributed by atoms with van der Waals surface area (Å²) in [5, 5.41) is 11.6. The maximum atomic E-state index is 13.5. The second-order valence-corrected chi connectivity index (χ2v) is 9.89. The third-order valence-electron chi connectivity index (χ3n) is 6.56. The summed E-state index contributed by atoms with van der Waals surface area (Å²) in [5.41, 5.74) is 3.31. The van der Waals surface area contributed by atoms with Gasteiger partial charge < -0.3 is 14.6 Å². The summed E-state index contributed by atoms with van der Waals surface area (Å²) in [5.74, 6) is -0.320. The molecule has 1 aliphatic heterocycles. The van der Waals surface area contributed by atoms with Gasteiger partial charge in [-0.1, -0.05) is 45.0 Å². The molecule has 1 N–H and O–H groups in total. The van der Waals surface area contributed by atoms with Gasteiger partial charge in [0.25, 0.3) is 11.7 Å². The van der Waals surface area contributed by atoms with Crippen molar-refractivity contribution in [2.75, 3.05) is 19.1 Å². The average molecular weight is 486 g/mol. The molecule has 0 spiro atoms. The minimum atomic E-state index is -0.792. The first kappa shape index (κ1) is 25.0. The zero-order valence-corrected chi connectivity index (χ0v) is 21.5. The fourth-order valence-corrected chi connectivity index (χ4v) is 4.63. The molecule has 0 radical (unpaired) electrons. The number of ketones is 1. The Balaban J connectivity index is 1.96. The number of nitrogens with zero attached hydrogens (tertiary/aromatic N) is 1. The Hall–Kier alpha value is -4.06. The van der Waals surface area contributed by atoms with E-state index in [2.05, 4.69) is 0 Å². The first-order valence-corrected chi connectivity index (χ1v) is 11.8. The molecule has 6 heteroatoms. The van der Waals surface area contributed by atoms with Crippen molar-refractivity contribution in [1.82, 2.24) is 0 Å². The van der Waals surface area contributed by atoms with Gasteiger partial charge in [-0.05, 0) is 65.9 Å². The van der Waals surface area contributed by atoms with Crippen LogP contribution in [0.3, 0.4) is 0 Å². The molecule has 0 aromatic heterocycles. The van der Waals surface area contributed by atoms with Gasteiger partial charge in [0.1, 0.15) is 17.3 Å². The van der Waals surface area contributed by atoms with Gasteiger partial charge in [-0.25, -0.2) is 0 Å². The van der Waals surface area contributed by atoms with Gasteiger partial charge >= 0.3 is 0 Å². The monoisotopic (exact) mass is 485 g/mol. The van der Waals surface area contributed by atoms with Crippen LogP contribution in [-0.2, 0) is 15.0 Å². The molecule has 0 aliphatic carbocycles. The van der Waals surface area contributed by atoms with E-state index in [0.717, 1.165) is 16.7 Å². The van der Waals surface area contributed by atoms with E-state index in [1.807, 2.05) is 58.0 Å². The molecular formula is C30H31NO5. The molecule has 1 fully saturated rings. The number of methoxy groups -OCH3 is 2. The van der Waals surface area contributed by atoms with Crippen LogP contribution < -0.4 is 14.4 Å². The SMILES string of the molecule is COc1ccc(N2C(=O)C(=O)/C(=C(/O)c3ccc(OC)c(C(C)(C)C)c3)C2c2ccccc2C)cc1. The fourth-order valence-electron chi connectivity index (χ4n) is 4.63. The van der Waals surface area contributed by atoms with Gasteiger partial charge in [-0.2, -0.15) is 0 Å². The molecule has 3 aromatic carbocycles. The highest BCUT2D eigenvalue weighted by molar-refractivity contribution is 6.51. The molecule has 0 saturated carbocycles. The second kappa shape index (κ2) is 9.53. The molecule has 36 heavy (non-hydrogen) atoms. The van der Waals surface area contributed by atoms with Crippen LogP contribution in [0.2, 0.25) is 0 Å². The lowest BCUT2D eigenvalue weighted by Crippen LogP contribution is -2.29. The van der Waals surface area contributed by atoms with Gasteiger partial charge in [0, 0.05) is 16.8 Å². The minimum absolute atomic E-state index is 0.0511. The molecular weight excluding hydrogens is 454 g/mol. The highest BCUT2D eigenvalue weighted by atomic mass is 16.5.